The van der Waals surface area contributed by atoms with Crippen LogP contribution in [0.25, 0.3) is 0 Å². The lowest BCUT2D eigenvalue weighted by Crippen LogP contribution is -2.31. The van der Waals surface area contributed by atoms with E-state index in [9.17, 15) is 4.79 Å². The van der Waals surface area contributed by atoms with Crippen LogP contribution < -0.4 is 10.2 Å². The number of nitrogens with zero attached hydrogens (tertiary/aromatic N) is 4. The molecule has 1 aliphatic carbocycles. The van der Waals surface area contributed by atoms with Crippen LogP contribution >= 0.6 is 11.8 Å². The molecule has 2 aromatic rings. The van der Waals surface area contributed by atoms with Crippen molar-refractivity contribution in [2.24, 2.45) is 0 Å². The van der Waals surface area contributed by atoms with Crippen LogP contribution in [0.1, 0.15) is 44.6 Å². The summed E-state index contributed by atoms with van der Waals surface area (Å²) in [6.45, 7) is 2.16. The molecule has 0 atom stereocenters. The summed E-state index contributed by atoms with van der Waals surface area (Å²) < 4.78 is 2.31. The first-order valence-electron chi connectivity index (χ1n) is 9.49. The Hall–Kier alpha value is -2.02. The van der Waals surface area contributed by atoms with Crippen LogP contribution in [0.2, 0.25) is 0 Å². The standard InChI is InChI=1S/C19H25N5OS/c25-17(20-15-7-3-1-4-8-15)11-14-26-19-22-21-18(24(19)16-9-10-16)23-12-5-2-6-13-23/h1,3-4,7-8,16H,2,5-6,9-14H2,(H,20,25). The van der Waals surface area contributed by atoms with Gasteiger partial charge in [0.2, 0.25) is 11.9 Å². The van der Waals surface area contributed by atoms with E-state index in [1.807, 2.05) is 30.3 Å². The quantitative estimate of drug-likeness (QED) is 0.752. The number of nitrogens with one attached hydrogen (secondary N) is 1. The second-order valence-electron chi connectivity index (χ2n) is 6.94. The summed E-state index contributed by atoms with van der Waals surface area (Å²) in [5.74, 6) is 1.78. The molecule has 2 heterocycles. The third kappa shape index (κ3) is 4.20. The minimum Gasteiger partial charge on any atom is -0.341 e. The molecule has 138 valence electrons. The number of benzene rings is 1. The summed E-state index contributed by atoms with van der Waals surface area (Å²) in [4.78, 5) is 14.5. The fourth-order valence-electron chi connectivity index (χ4n) is 3.31. The van der Waals surface area contributed by atoms with Crippen molar-refractivity contribution >= 4 is 29.3 Å². The molecule has 26 heavy (non-hydrogen) atoms. The second-order valence-corrected chi connectivity index (χ2v) is 8.01. The Morgan fingerprint density at radius 3 is 2.62 bits per heavy atom. The van der Waals surface area contributed by atoms with Crippen LogP contribution in [0.4, 0.5) is 11.6 Å². The largest absolute Gasteiger partial charge is 0.341 e. The molecular weight excluding hydrogens is 346 g/mol. The van der Waals surface area contributed by atoms with Crippen molar-refractivity contribution in [2.75, 3.05) is 29.1 Å². The van der Waals surface area contributed by atoms with Gasteiger partial charge in [0.15, 0.2) is 5.16 Å². The number of hydrogen-bond acceptors (Lipinski definition) is 5. The van der Waals surface area contributed by atoms with Gasteiger partial charge in [-0.2, -0.15) is 0 Å². The van der Waals surface area contributed by atoms with Gasteiger partial charge in [0, 0.05) is 37.0 Å². The maximum absolute atomic E-state index is 12.1. The normalized spacial score (nSPS) is 17.3. The zero-order valence-electron chi connectivity index (χ0n) is 14.9. The fraction of sp³-hybridized carbons (Fsp3) is 0.526. The Bertz CT molecular complexity index is 738. The molecule has 6 nitrogen and oxygen atoms in total. The molecule has 0 spiro atoms. The third-order valence-corrected chi connectivity index (χ3v) is 5.76. The monoisotopic (exact) mass is 371 g/mol. The summed E-state index contributed by atoms with van der Waals surface area (Å²) >= 11 is 1.64. The molecule has 1 amide bonds. The average molecular weight is 372 g/mol. The molecule has 0 unspecified atom stereocenters. The Morgan fingerprint density at radius 1 is 1.12 bits per heavy atom. The number of hydrogen-bond donors (Lipinski definition) is 1. The predicted molar refractivity (Wildman–Crippen MR) is 105 cm³/mol. The smallest absolute Gasteiger partial charge is 0.228 e. The first-order chi connectivity index (χ1) is 12.8. The highest BCUT2D eigenvalue weighted by Gasteiger charge is 2.32. The molecule has 1 saturated heterocycles. The number of aromatic nitrogens is 3. The number of rotatable bonds is 7. The lowest BCUT2D eigenvalue weighted by molar-refractivity contribution is -0.115. The summed E-state index contributed by atoms with van der Waals surface area (Å²) in [6, 6.07) is 10.1. The summed E-state index contributed by atoms with van der Waals surface area (Å²) in [7, 11) is 0. The molecule has 0 radical (unpaired) electrons. The highest BCUT2D eigenvalue weighted by Crippen LogP contribution is 2.41. The van der Waals surface area contributed by atoms with Crippen molar-refractivity contribution in [3.05, 3.63) is 30.3 Å². The number of amides is 1. The minimum atomic E-state index is 0.0393. The Morgan fingerprint density at radius 2 is 1.88 bits per heavy atom. The number of carbonyl (C=O) groups is 1. The molecule has 2 aliphatic rings. The molecule has 7 heteroatoms. The van der Waals surface area contributed by atoms with Crippen LogP contribution in [0.15, 0.2) is 35.5 Å². The van der Waals surface area contributed by atoms with Gasteiger partial charge < -0.3 is 10.2 Å². The van der Waals surface area contributed by atoms with Crippen molar-refractivity contribution in [3.63, 3.8) is 0 Å². The van der Waals surface area contributed by atoms with E-state index in [-0.39, 0.29) is 5.91 Å². The fourth-order valence-corrected chi connectivity index (χ4v) is 4.25. The van der Waals surface area contributed by atoms with Gasteiger partial charge in [-0.05, 0) is 44.2 Å². The van der Waals surface area contributed by atoms with E-state index < -0.39 is 0 Å². The highest BCUT2D eigenvalue weighted by atomic mass is 32.2. The molecule has 0 bridgehead atoms. The molecule has 1 N–H and O–H groups in total. The lowest BCUT2D eigenvalue weighted by Gasteiger charge is -2.27. The number of para-hydroxylation sites is 1. The first-order valence-corrected chi connectivity index (χ1v) is 10.5. The maximum atomic E-state index is 12.1. The molecule has 1 aromatic carbocycles. The van der Waals surface area contributed by atoms with Gasteiger partial charge in [-0.3, -0.25) is 9.36 Å². The van der Waals surface area contributed by atoms with Crippen molar-refractivity contribution in [2.45, 2.75) is 49.7 Å². The van der Waals surface area contributed by atoms with Crippen LogP contribution in [-0.4, -0.2) is 39.5 Å². The second kappa shape index (κ2) is 8.12. The highest BCUT2D eigenvalue weighted by molar-refractivity contribution is 7.99. The summed E-state index contributed by atoms with van der Waals surface area (Å²) in [6.07, 6.45) is 6.67. The van der Waals surface area contributed by atoms with Crippen LogP contribution in [0.5, 0.6) is 0 Å². The number of carbonyl (C=O) groups excluding carboxylic acids is 1. The predicted octanol–water partition coefficient (Wildman–Crippen LogP) is 3.72. The van der Waals surface area contributed by atoms with Crippen LogP contribution in [-0.2, 0) is 4.79 Å². The van der Waals surface area contributed by atoms with Gasteiger partial charge >= 0.3 is 0 Å². The molecule has 1 aliphatic heterocycles. The molecular formula is C19H25N5OS. The van der Waals surface area contributed by atoms with Crippen molar-refractivity contribution < 1.29 is 4.79 Å². The van der Waals surface area contributed by atoms with E-state index in [0.29, 0.717) is 18.2 Å². The van der Waals surface area contributed by atoms with Gasteiger partial charge in [0.05, 0.1) is 0 Å². The topological polar surface area (TPSA) is 63.1 Å². The summed E-state index contributed by atoms with van der Waals surface area (Å²) in [5.41, 5.74) is 0.844. The van der Waals surface area contributed by atoms with Gasteiger partial charge in [0.1, 0.15) is 0 Å². The zero-order valence-corrected chi connectivity index (χ0v) is 15.7. The van der Waals surface area contributed by atoms with E-state index in [2.05, 4.69) is 25.0 Å². The molecule has 2 fully saturated rings. The van der Waals surface area contributed by atoms with E-state index in [1.165, 1.54) is 32.1 Å². The Labute approximate surface area is 158 Å². The Kier molecular flexibility index (Phi) is 5.43. The van der Waals surface area contributed by atoms with Crippen LogP contribution in [0, 0.1) is 0 Å². The van der Waals surface area contributed by atoms with Gasteiger partial charge in [-0.1, -0.05) is 30.0 Å². The van der Waals surface area contributed by atoms with Crippen molar-refractivity contribution in [3.8, 4) is 0 Å². The number of anilines is 2. The number of thioether (sulfide) groups is 1. The maximum Gasteiger partial charge on any atom is 0.228 e. The molecule has 4 rings (SSSR count). The zero-order chi connectivity index (χ0) is 17.8. The van der Waals surface area contributed by atoms with E-state index >= 15 is 0 Å². The first kappa shape index (κ1) is 17.4. The summed E-state index contributed by atoms with van der Waals surface area (Å²) in [5, 5.41) is 12.8. The SMILES string of the molecule is O=C(CCSc1nnc(N2CCCCC2)n1C1CC1)Nc1ccccc1. The van der Waals surface area contributed by atoms with E-state index in [1.54, 1.807) is 11.8 Å². The van der Waals surface area contributed by atoms with Crippen molar-refractivity contribution in [1.29, 1.82) is 0 Å². The molecule has 1 saturated carbocycles. The lowest BCUT2D eigenvalue weighted by atomic mass is 10.1. The van der Waals surface area contributed by atoms with Gasteiger partial charge in [-0.15, -0.1) is 10.2 Å². The van der Waals surface area contributed by atoms with E-state index in [0.717, 1.165) is 29.9 Å². The van der Waals surface area contributed by atoms with Crippen LogP contribution in [0.3, 0.4) is 0 Å². The van der Waals surface area contributed by atoms with Gasteiger partial charge in [0.25, 0.3) is 0 Å². The number of piperidine rings is 1. The van der Waals surface area contributed by atoms with Crippen molar-refractivity contribution in [1.82, 2.24) is 14.8 Å². The van der Waals surface area contributed by atoms with Gasteiger partial charge in [-0.25, -0.2) is 0 Å². The van der Waals surface area contributed by atoms with E-state index in [4.69, 9.17) is 0 Å². The Balaban J connectivity index is 1.34. The minimum absolute atomic E-state index is 0.0393. The average Bonchev–Trinajstić information content (AvgIpc) is 3.43. The molecule has 1 aromatic heterocycles. The third-order valence-electron chi connectivity index (χ3n) is 4.82.